The summed E-state index contributed by atoms with van der Waals surface area (Å²) < 4.78 is 5.28. The highest BCUT2D eigenvalue weighted by Gasteiger charge is 2.37. The zero-order chi connectivity index (χ0) is 18.5. The SMILES string of the molecule is C[C@H](NC(=O)[C@@H]1CCCN1C(=O)OC(C)(C)C)C(=O)NCC(=O)O. The van der Waals surface area contributed by atoms with Crippen molar-refractivity contribution in [3.63, 3.8) is 0 Å². The van der Waals surface area contributed by atoms with Crippen LogP contribution in [0, 0.1) is 0 Å². The second-order valence-corrected chi connectivity index (χ2v) is 6.67. The van der Waals surface area contributed by atoms with Crippen molar-refractivity contribution in [1.29, 1.82) is 0 Å². The Bertz CT molecular complexity index is 514. The van der Waals surface area contributed by atoms with E-state index >= 15 is 0 Å². The van der Waals surface area contributed by atoms with Gasteiger partial charge in [-0.15, -0.1) is 0 Å². The summed E-state index contributed by atoms with van der Waals surface area (Å²) in [5.74, 6) is -2.24. The molecule has 136 valence electrons. The highest BCUT2D eigenvalue weighted by atomic mass is 16.6. The van der Waals surface area contributed by atoms with Gasteiger partial charge >= 0.3 is 12.1 Å². The van der Waals surface area contributed by atoms with Crippen molar-refractivity contribution in [2.24, 2.45) is 0 Å². The summed E-state index contributed by atoms with van der Waals surface area (Å²) in [5, 5.41) is 13.2. The number of carbonyl (C=O) groups excluding carboxylic acids is 3. The van der Waals surface area contributed by atoms with Crippen molar-refractivity contribution in [2.75, 3.05) is 13.1 Å². The van der Waals surface area contributed by atoms with Crippen molar-refractivity contribution < 1.29 is 29.0 Å². The molecule has 3 N–H and O–H groups in total. The van der Waals surface area contributed by atoms with Gasteiger partial charge in [0.25, 0.3) is 0 Å². The molecule has 0 bridgehead atoms. The molecule has 1 heterocycles. The van der Waals surface area contributed by atoms with Crippen molar-refractivity contribution in [1.82, 2.24) is 15.5 Å². The van der Waals surface area contributed by atoms with Gasteiger partial charge < -0.3 is 20.5 Å². The largest absolute Gasteiger partial charge is 0.480 e. The first-order chi connectivity index (χ1) is 11.0. The first kappa shape index (κ1) is 19.7. The first-order valence-electron chi connectivity index (χ1n) is 7.81. The molecule has 0 aromatic carbocycles. The molecule has 1 aliphatic rings. The van der Waals surface area contributed by atoms with Gasteiger partial charge in [0.15, 0.2) is 0 Å². The molecule has 2 atom stereocenters. The Morgan fingerprint density at radius 1 is 1.29 bits per heavy atom. The summed E-state index contributed by atoms with van der Waals surface area (Å²) in [6, 6.07) is -1.60. The van der Waals surface area contributed by atoms with Gasteiger partial charge in [0.2, 0.25) is 11.8 Å². The van der Waals surface area contributed by atoms with Gasteiger partial charge in [-0.1, -0.05) is 0 Å². The predicted molar refractivity (Wildman–Crippen MR) is 84.2 cm³/mol. The second kappa shape index (κ2) is 7.98. The molecule has 0 aliphatic carbocycles. The lowest BCUT2D eigenvalue weighted by Gasteiger charge is -2.28. The monoisotopic (exact) mass is 343 g/mol. The molecular weight excluding hydrogens is 318 g/mol. The van der Waals surface area contributed by atoms with E-state index in [-0.39, 0.29) is 0 Å². The van der Waals surface area contributed by atoms with Gasteiger partial charge in [-0.05, 0) is 40.5 Å². The number of nitrogens with one attached hydrogen (secondary N) is 2. The minimum absolute atomic E-state index is 0.409. The smallest absolute Gasteiger partial charge is 0.410 e. The van der Waals surface area contributed by atoms with Crippen LogP contribution in [-0.2, 0) is 19.1 Å². The normalized spacial score (nSPS) is 18.7. The number of amides is 3. The lowest BCUT2D eigenvalue weighted by atomic mass is 10.2. The summed E-state index contributed by atoms with van der Waals surface area (Å²) >= 11 is 0. The summed E-state index contributed by atoms with van der Waals surface area (Å²) in [4.78, 5) is 48.0. The summed E-state index contributed by atoms with van der Waals surface area (Å²) in [6.07, 6.45) is 0.578. The molecule has 0 unspecified atom stereocenters. The zero-order valence-electron chi connectivity index (χ0n) is 14.4. The average molecular weight is 343 g/mol. The Morgan fingerprint density at radius 3 is 2.46 bits per heavy atom. The van der Waals surface area contributed by atoms with Crippen LogP contribution in [0.4, 0.5) is 4.79 Å². The topological polar surface area (TPSA) is 125 Å². The quantitative estimate of drug-likeness (QED) is 0.650. The Labute approximate surface area is 140 Å². The van der Waals surface area contributed by atoms with E-state index in [0.29, 0.717) is 19.4 Å². The maximum atomic E-state index is 12.3. The van der Waals surface area contributed by atoms with Crippen LogP contribution in [0.2, 0.25) is 0 Å². The Balaban J connectivity index is 2.60. The molecule has 9 nitrogen and oxygen atoms in total. The molecule has 0 aromatic rings. The van der Waals surface area contributed by atoms with Gasteiger partial charge in [-0.2, -0.15) is 0 Å². The van der Waals surface area contributed by atoms with Crippen LogP contribution in [-0.4, -0.2) is 64.7 Å². The molecule has 9 heteroatoms. The maximum absolute atomic E-state index is 12.3. The lowest BCUT2D eigenvalue weighted by molar-refractivity contribution is -0.138. The zero-order valence-corrected chi connectivity index (χ0v) is 14.4. The van der Waals surface area contributed by atoms with Gasteiger partial charge in [-0.25, -0.2) is 4.79 Å². The number of carboxylic acids is 1. The highest BCUT2D eigenvalue weighted by Crippen LogP contribution is 2.21. The van der Waals surface area contributed by atoms with Crippen molar-refractivity contribution in [3.8, 4) is 0 Å². The van der Waals surface area contributed by atoms with E-state index in [1.165, 1.54) is 11.8 Å². The molecule has 0 aromatic heterocycles. The molecule has 1 fully saturated rings. The number of ether oxygens (including phenoxy) is 1. The van der Waals surface area contributed by atoms with E-state index in [2.05, 4.69) is 10.6 Å². The van der Waals surface area contributed by atoms with Gasteiger partial charge in [-0.3, -0.25) is 19.3 Å². The van der Waals surface area contributed by atoms with Crippen molar-refractivity contribution in [3.05, 3.63) is 0 Å². The van der Waals surface area contributed by atoms with Crippen molar-refractivity contribution >= 4 is 23.9 Å². The molecular formula is C15H25N3O6. The number of hydrogen-bond acceptors (Lipinski definition) is 5. The molecule has 0 spiro atoms. The fourth-order valence-electron chi connectivity index (χ4n) is 2.27. The molecule has 1 aliphatic heterocycles. The molecule has 0 saturated carbocycles. The second-order valence-electron chi connectivity index (χ2n) is 6.67. The van der Waals surface area contributed by atoms with E-state index < -0.39 is 48.1 Å². The van der Waals surface area contributed by atoms with Gasteiger partial charge in [0.05, 0.1) is 0 Å². The number of hydrogen-bond donors (Lipinski definition) is 3. The van der Waals surface area contributed by atoms with E-state index in [0.717, 1.165) is 0 Å². The number of nitrogens with zero attached hydrogens (tertiary/aromatic N) is 1. The Morgan fingerprint density at radius 2 is 1.92 bits per heavy atom. The third kappa shape index (κ3) is 6.05. The number of likely N-dealkylation sites (tertiary alicyclic amines) is 1. The molecule has 24 heavy (non-hydrogen) atoms. The van der Waals surface area contributed by atoms with Crippen LogP contribution in [0.25, 0.3) is 0 Å². The van der Waals surface area contributed by atoms with E-state index in [1.807, 2.05) is 0 Å². The third-order valence-corrected chi connectivity index (χ3v) is 3.35. The minimum atomic E-state index is -1.17. The Hall–Kier alpha value is -2.32. The van der Waals surface area contributed by atoms with Crippen LogP contribution in [0.1, 0.15) is 40.5 Å². The van der Waals surface area contributed by atoms with Crippen LogP contribution in [0.15, 0.2) is 0 Å². The van der Waals surface area contributed by atoms with E-state index in [9.17, 15) is 19.2 Å². The summed E-state index contributed by atoms with van der Waals surface area (Å²) in [5.41, 5.74) is -0.662. The third-order valence-electron chi connectivity index (χ3n) is 3.35. The maximum Gasteiger partial charge on any atom is 0.410 e. The lowest BCUT2D eigenvalue weighted by Crippen LogP contribution is -2.53. The fraction of sp³-hybridized carbons (Fsp3) is 0.733. The average Bonchev–Trinajstić information content (AvgIpc) is 2.92. The predicted octanol–water partition coefficient (Wildman–Crippen LogP) is 0.0914. The summed E-state index contributed by atoms with van der Waals surface area (Å²) in [7, 11) is 0. The first-order valence-corrected chi connectivity index (χ1v) is 7.81. The molecule has 1 saturated heterocycles. The minimum Gasteiger partial charge on any atom is -0.480 e. The molecule has 0 radical (unpaired) electrons. The number of rotatable bonds is 5. The number of aliphatic carboxylic acids is 1. The standard InChI is InChI=1S/C15H25N3O6/c1-9(12(21)16-8-11(19)20)17-13(22)10-6-5-7-18(10)14(23)24-15(2,3)4/h9-10H,5-8H2,1-4H3,(H,16,21)(H,17,22)(H,19,20)/t9-,10-/m0/s1. The van der Waals surface area contributed by atoms with E-state index in [1.54, 1.807) is 20.8 Å². The van der Waals surface area contributed by atoms with E-state index in [4.69, 9.17) is 9.84 Å². The van der Waals surface area contributed by atoms with Crippen LogP contribution in [0.3, 0.4) is 0 Å². The van der Waals surface area contributed by atoms with Crippen LogP contribution in [0.5, 0.6) is 0 Å². The van der Waals surface area contributed by atoms with Crippen LogP contribution < -0.4 is 10.6 Å². The van der Waals surface area contributed by atoms with Gasteiger partial charge in [0.1, 0.15) is 24.2 Å². The number of carboxylic acid groups (broad SMARTS) is 1. The van der Waals surface area contributed by atoms with Crippen LogP contribution >= 0.6 is 0 Å². The number of carbonyl (C=O) groups is 4. The Kier molecular flexibility index (Phi) is 6.56. The highest BCUT2D eigenvalue weighted by molar-refractivity contribution is 5.92. The molecule has 3 amide bonds. The van der Waals surface area contributed by atoms with Crippen molar-refractivity contribution in [2.45, 2.75) is 58.2 Å². The fourth-order valence-corrected chi connectivity index (χ4v) is 2.27. The molecule has 1 rings (SSSR count). The van der Waals surface area contributed by atoms with Gasteiger partial charge in [0, 0.05) is 6.54 Å². The summed E-state index contributed by atoms with van der Waals surface area (Å²) in [6.45, 7) is 6.56.